The number of rotatable bonds is 4. The molecule has 2 aromatic rings. The third-order valence-electron chi connectivity index (χ3n) is 2.55. The summed E-state index contributed by atoms with van der Waals surface area (Å²) in [6.45, 7) is 0.165. The maximum atomic E-state index is 13.4. The molecule has 0 aliphatic rings. The molecule has 2 N–H and O–H groups in total. The number of methoxy groups -OCH3 is 1. The van der Waals surface area contributed by atoms with Crippen LogP contribution < -0.4 is 15.2 Å². The molecule has 0 atom stereocenters. The first-order valence-electron chi connectivity index (χ1n) is 5.50. The lowest BCUT2D eigenvalue weighted by atomic mass is 10.2. The fourth-order valence-corrected chi connectivity index (χ4v) is 1.58. The van der Waals surface area contributed by atoms with Gasteiger partial charge in [-0.3, -0.25) is 0 Å². The lowest BCUT2D eigenvalue weighted by Crippen LogP contribution is -1.99. The number of benzene rings is 2. The highest BCUT2D eigenvalue weighted by atomic mass is 19.1. The molecule has 0 aliphatic carbocycles. The summed E-state index contributed by atoms with van der Waals surface area (Å²) < 4.78 is 23.9. The number of hydrogen-bond donors (Lipinski definition) is 1. The predicted molar refractivity (Wildman–Crippen MR) is 68.1 cm³/mol. The molecule has 3 nitrogen and oxygen atoms in total. The van der Waals surface area contributed by atoms with Crippen LogP contribution in [-0.2, 0) is 6.61 Å². The molecule has 18 heavy (non-hydrogen) atoms. The second-order valence-corrected chi connectivity index (χ2v) is 3.78. The molecule has 0 bridgehead atoms. The molecule has 2 rings (SSSR count). The first-order valence-corrected chi connectivity index (χ1v) is 5.50. The molecular weight excluding hydrogens is 233 g/mol. The summed E-state index contributed by atoms with van der Waals surface area (Å²) >= 11 is 0. The van der Waals surface area contributed by atoms with Crippen LogP contribution in [0.5, 0.6) is 11.5 Å². The molecule has 0 aliphatic heterocycles. The van der Waals surface area contributed by atoms with Crippen molar-refractivity contribution in [2.24, 2.45) is 0 Å². The fourth-order valence-electron chi connectivity index (χ4n) is 1.58. The highest BCUT2D eigenvalue weighted by Crippen LogP contribution is 2.26. The first kappa shape index (κ1) is 12.2. The van der Waals surface area contributed by atoms with Crippen LogP contribution in [0, 0.1) is 5.82 Å². The first-order chi connectivity index (χ1) is 8.70. The Hall–Kier alpha value is -2.23. The molecule has 0 saturated heterocycles. The molecule has 0 aromatic heterocycles. The zero-order valence-electron chi connectivity index (χ0n) is 10.0. The minimum atomic E-state index is -0.279. The van der Waals surface area contributed by atoms with Crippen LogP contribution in [0.2, 0.25) is 0 Å². The van der Waals surface area contributed by atoms with Gasteiger partial charge in [-0.05, 0) is 18.2 Å². The van der Waals surface area contributed by atoms with Gasteiger partial charge in [-0.25, -0.2) is 4.39 Å². The van der Waals surface area contributed by atoms with Crippen molar-refractivity contribution in [3.8, 4) is 11.5 Å². The zero-order valence-corrected chi connectivity index (χ0v) is 10.0. The van der Waals surface area contributed by atoms with Gasteiger partial charge in [-0.2, -0.15) is 0 Å². The van der Waals surface area contributed by atoms with E-state index in [9.17, 15) is 4.39 Å². The van der Waals surface area contributed by atoms with E-state index < -0.39 is 0 Å². The van der Waals surface area contributed by atoms with Crippen molar-refractivity contribution in [3.63, 3.8) is 0 Å². The normalized spacial score (nSPS) is 10.1. The van der Waals surface area contributed by atoms with Crippen LogP contribution >= 0.6 is 0 Å². The topological polar surface area (TPSA) is 44.5 Å². The van der Waals surface area contributed by atoms with E-state index in [1.807, 2.05) is 0 Å². The van der Waals surface area contributed by atoms with E-state index >= 15 is 0 Å². The van der Waals surface area contributed by atoms with Gasteiger partial charge in [0.15, 0.2) is 0 Å². The van der Waals surface area contributed by atoms with Crippen molar-refractivity contribution in [2.75, 3.05) is 12.8 Å². The van der Waals surface area contributed by atoms with Gasteiger partial charge < -0.3 is 15.2 Å². The molecule has 0 unspecified atom stereocenters. The van der Waals surface area contributed by atoms with Crippen molar-refractivity contribution >= 4 is 5.69 Å². The minimum absolute atomic E-state index is 0.165. The number of nitrogens with two attached hydrogens (primary N) is 1. The van der Waals surface area contributed by atoms with E-state index in [1.165, 1.54) is 6.07 Å². The third-order valence-corrected chi connectivity index (χ3v) is 2.55. The highest BCUT2D eigenvalue weighted by molar-refractivity contribution is 5.56. The van der Waals surface area contributed by atoms with Crippen molar-refractivity contribution in [1.82, 2.24) is 0 Å². The van der Waals surface area contributed by atoms with Crippen molar-refractivity contribution < 1.29 is 13.9 Å². The number of halogens is 1. The zero-order chi connectivity index (χ0) is 13.0. The van der Waals surface area contributed by atoms with Gasteiger partial charge in [0, 0.05) is 11.6 Å². The molecule has 2 aromatic carbocycles. The van der Waals surface area contributed by atoms with E-state index in [1.54, 1.807) is 43.5 Å². The van der Waals surface area contributed by atoms with Crippen LogP contribution in [0.4, 0.5) is 10.1 Å². The molecule has 4 heteroatoms. The number of hydrogen-bond acceptors (Lipinski definition) is 3. The molecule has 0 spiro atoms. The largest absolute Gasteiger partial charge is 0.495 e. The van der Waals surface area contributed by atoms with Gasteiger partial charge in [-0.1, -0.05) is 18.2 Å². The van der Waals surface area contributed by atoms with E-state index in [2.05, 4.69) is 0 Å². The van der Waals surface area contributed by atoms with Gasteiger partial charge >= 0.3 is 0 Å². The monoisotopic (exact) mass is 247 g/mol. The maximum absolute atomic E-state index is 13.4. The number of anilines is 1. The lowest BCUT2D eigenvalue weighted by Gasteiger charge is -2.09. The SMILES string of the molecule is COc1ccc(OCc2ccccc2F)cc1N. The minimum Gasteiger partial charge on any atom is -0.495 e. The summed E-state index contributed by atoms with van der Waals surface area (Å²) in [5.74, 6) is 0.892. The van der Waals surface area contributed by atoms with E-state index in [0.29, 0.717) is 22.7 Å². The summed E-state index contributed by atoms with van der Waals surface area (Å²) in [4.78, 5) is 0. The number of nitrogen functional groups attached to an aromatic ring is 1. The molecule has 0 amide bonds. The Balaban J connectivity index is 2.07. The highest BCUT2D eigenvalue weighted by Gasteiger charge is 2.04. The van der Waals surface area contributed by atoms with Gasteiger partial charge in [-0.15, -0.1) is 0 Å². The van der Waals surface area contributed by atoms with Crippen molar-refractivity contribution in [3.05, 3.63) is 53.8 Å². The Kier molecular flexibility index (Phi) is 3.67. The van der Waals surface area contributed by atoms with Crippen LogP contribution in [0.25, 0.3) is 0 Å². The van der Waals surface area contributed by atoms with Crippen LogP contribution in [0.1, 0.15) is 5.56 Å². The molecule has 0 heterocycles. The quantitative estimate of drug-likeness (QED) is 0.845. The van der Waals surface area contributed by atoms with Gasteiger partial charge in [0.2, 0.25) is 0 Å². The Labute approximate surface area is 105 Å². The summed E-state index contributed by atoms with van der Waals surface area (Å²) in [6.07, 6.45) is 0. The Bertz CT molecular complexity index is 543. The summed E-state index contributed by atoms with van der Waals surface area (Å²) in [5.41, 5.74) is 6.75. The second-order valence-electron chi connectivity index (χ2n) is 3.78. The molecule has 0 saturated carbocycles. The smallest absolute Gasteiger partial charge is 0.142 e. The summed E-state index contributed by atoms with van der Waals surface area (Å²) in [7, 11) is 1.55. The fraction of sp³-hybridized carbons (Fsp3) is 0.143. The summed E-state index contributed by atoms with van der Waals surface area (Å²) in [6, 6.07) is 11.6. The Morgan fingerprint density at radius 3 is 2.61 bits per heavy atom. The standard InChI is InChI=1S/C14H14FNO2/c1-17-14-7-6-11(8-13(14)16)18-9-10-4-2-3-5-12(10)15/h2-8H,9,16H2,1H3. The van der Waals surface area contributed by atoms with Crippen LogP contribution in [0.15, 0.2) is 42.5 Å². The average molecular weight is 247 g/mol. The molecule has 0 radical (unpaired) electrons. The lowest BCUT2D eigenvalue weighted by molar-refractivity contribution is 0.299. The number of ether oxygens (including phenoxy) is 2. The van der Waals surface area contributed by atoms with E-state index in [0.717, 1.165) is 0 Å². The van der Waals surface area contributed by atoms with Crippen molar-refractivity contribution in [2.45, 2.75) is 6.61 Å². The summed E-state index contributed by atoms with van der Waals surface area (Å²) in [5, 5.41) is 0. The van der Waals surface area contributed by atoms with Gasteiger partial charge in [0.05, 0.1) is 12.8 Å². The Morgan fingerprint density at radius 1 is 1.17 bits per heavy atom. The molecule has 94 valence electrons. The Morgan fingerprint density at radius 2 is 1.94 bits per heavy atom. The van der Waals surface area contributed by atoms with Gasteiger partial charge in [0.25, 0.3) is 0 Å². The third kappa shape index (κ3) is 2.71. The van der Waals surface area contributed by atoms with E-state index in [4.69, 9.17) is 15.2 Å². The van der Waals surface area contributed by atoms with Crippen LogP contribution in [-0.4, -0.2) is 7.11 Å². The predicted octanol–water partition coefficient (Wildman–Crippen LogP) is 3.00. The second kappa shape index (κ2) is 5.40. The van der Waals surface area contributed by atoms with Crippen LogP contribution in [0.3, 0.4) is 0 Å². The molecule has 0 fully saturated rings. The van der Waals surface area contributed by atoms with E-state index in [-0.39, 0.29) is 12.4 Å². The van der Waals surface area contributed by atoms with Crippen molar-refractivity contribution in [1.29, 1.82) is 0 Å². The maximum Gasteiger partial charge on any atom is 0.142 e. The molecular formula is C14H14FNO2. The average Bonchev–Trinajstić information content (AvgIpc) is 2.38. The van der Waals surface area contributed by atoms with Gasteiger partial charge in [0.1, 0.15) is 23.9 Å².